The molecule has 0 radical (unpaired) electrons. The summed E-state index contributed by atoms with van der Waals surface area (Å²) >= 11 is 2.22. The summed E-state index contributed by atoms with van der Waals surface area (Å²) in [6.07, 6.45) is 0.0779. The molecule has 0 saturated heterocycles. The van der Waals surface area contributed by atoms with Gasteiger partial charge in [0.05, 0.1) is 42.6 Å². The fourth-order valence-electron chi connectivity index (χ4n) is 3.61. The molecule has 0 amide bonds. The van der Waals surface area contributed by atoms with Crippen molar-refractivity contribution in [3.63, 3.8) is 0 Å². The molecule has 184 valence electrons. The number of ether oxygens (including phenoxy) is 2. The number of anilines is 3. The molecule has 1 aromatic heterocycles. The molecule has 4 N–H and O–H groups in total. The maximum atomic E-state index is 11.6. The number of hydrogen-bond acceptors (Lipinski definition) is 8. The van der Waals surface area contributed by atoms with Crippen LogP contribution in [0.15, 0.2) is 54.6 Å². The van der Waals surface area contributed by atoms with Gasteiger partial charge in [0.15, 0.2) is 0 Å². The fraction of sp³-hybridized carbons (Fsp3) is 0.208. The topological polar surface area (TPSA) is 130 Å². The number of aliphatic hydroxyl groups excluding tert-OH is 2. The summed E-state index contributed by atoms with van der Waals surface area (Å²) in [7, 11) is -1.93. The Kier molecular flexibility index (Phi) is 7.50. The largest absolute Gasteiger partial charge is 0.494 e. The first-order chi connectivity index (χ1) is 16.7. The van der Waals surface area contributed by atoms with Gasteiger partial charge in [-0.1, -0.05) is 12.1 Å². The van der Waals surface area contributed by atoms with Gasteiger partial charge in [0.25, 0.3) is 0 Å². The Morgan fingerprint density at radius 3 is 2.60 bits per heavy atom. The van der Waals surface area contributed by atoms with E-state index in [0.29, 0.717) is 28.4 Å². The highest BCUT2D eigenvalue weighted by Gasteiger charge is 2.16. The van der Waals surface area contributed by atoms with Crippen LogP contribution in [0.1, 0.15) is 0 Å². The normalized spacial score (nSPS) is 12.5. The number of fused-ring (bicyclic) bond motifs is 2. The first-order valence-electron chi connectivity index (χ1n) is 10.5. The van der Waals surface area contributed by atoms with Crippen molar-refractivity contribution in [2.75, 3.05) is 36.6 Å². The molecule has 1 atom stereocenters. The highest BCUT2D eigenvalue weighted by atomic mass is 127. The number of pyridine rings is 1. The zero-order chi connectivity index (χ0) is 25.2. The maximum Gasteiger partial charge on any atom is 0.229 e. The maximum absolute atomic E-state index is 11.6. The molecule has 0 bridgehead atoms. The van der Waals surface area contributed by atoms with Gasteiger partial charge in [-0.25, -0.2) is 13.4 Å². The molecule has 0 aliphatic rings. The lowest BCUT2D eigenvalue weighted by Gasteiger charge is -2.18. The molecule has 0 fully saturated rings. The summed E-state index contributed by atoms with van der Waals surface area (Å²) in [6, 6.07) is 16.4. The number of nitrogens with zero attached hydrogens (tertiary/aromatic N) is 1. The van der Waals surface area contributed by atoms with Crippen molar-refractivity contribution < 1.29 is 28.1 Å². The molecule has 35 heavy (non-hydrogen) atoms. The third-order valence-corrected chi connectivity index (χ3v) is 6.41. The van der Waals surface area contributed by atoms with Crippen LogP contribution in [0.2, 0.25) is 0 Å². The Morgan fingerprint density at radius 2 is 1.89 bits per heavy atom. The van der Waals surface area contributed by atoms with Gasteiger partial charge >= 0.3 is 0 Å². The van der Waals surface area contributed by atoms with Gasteiger partial charge in [-0.05, 0) is 59.0 Å². The number of sulfonamides is 1. The molecule has 3 aromatic carbocycles. The highest BCUT2D eigenvalue weighted by Crippen LogP contribution is 2.39. The van der Waals surface area contributed by atoms with E-state index in [1.807, 2.05) is 30.3 Å². The zero-order valence-corrected chi connectivity index (χ0v) is 21.9. The summed E-state index contributed by atoms with van der Waals surface area (Å²) in [5.74, 6) is 0.916. The van der Waals surface area contributed by atoms with E-state index in [1.165, 1.54) is 7.11 Å². The van der Waals surface area contributed by atoms with Gasteiger partial charge in [0.2, 0.25) is 10.0 Å². The van der Waals surface area contributed by atoms with E-state index in [2.05, 4.69) is 32.6 Å². The molecule has 1 heterocycles. The lowest BCUT2D eigenvalue weighted by Crippen LogP contribution is -2.21. The average molecular weight is 609 g/mol. The van der Waals surface area contributed by atoms with E-state index >= 15 is 0 Å². The minimum Gasteiger partial charge on any atom is -0.494 e. The second-order valence-electron chi connectivity index (χ2n) is 7.86. The Morgan fingerprint density at radius 1 is 1.09 bits per heavy atom. The van der Waals surface area contributed by atoms with Crippen molar-refractivity contribution in [2.45, 2.75) is 6.10 Å². The van der Waals surface area contributed by atoms with Crippen LogP contribution in [0, 0.1) is 3.57 Å². The number of rotatable bonds is 9. The molecule has 11 heteroatoms. The molecule has 1 unspecified atom stereocenters. The second kappa shape index (κ2) is 10.4. The van der Waals surface area contributed by atoms with E-state index in [0.717, 1.165) is 31.8 Å². The number of hydrogen-bond donors (Lipinski definition) is 4. The standard InChI is InChI=1S/C24H24IN3O6S/c1-33-22-11-15(28-35(2,31)32)7-9-19(22)26-23-17-8-6-14(25)10-20(17)27-24-18(23)4-3-5-21(24)34-13-16(30)12-29/h3-11,16,28-30H,12-13H2,1-2H3,(H,26,27). The van der Waals surface area contributed by atoms with E-state index in [1.54, 1.807) is 24.3 Å². The lowest BCUT2D eigenvalue weighted by molar-refractivity contribution is 0.0540. The molecule has 4 rings (SSSR count). The van der Waals surface area contributed by atoms with Gasteiger partial charge in [0, 0.05) is 20.4 Å². The Bertz CT molecular complexity index is 1500. The monoisotopic (exact) mass is 609 g/mol. The first kappa shape index (κ1) is 25.2. The molecular weight excluding hydrogens is 585 g/mol. The fourth-order valence-corrected chi connectivity index (χ4v) is 4.64. The number of halogens is 1. The number of methoxy groups -OCH3 is 1. The van der Waals surface area contributed by atoms with Crippen molar-refractivity contribution in [1.82, 2.24) is 4.98 Å². The number of aliphatic hydroxyl groups is 2. The third-order valence-electron chi connectivity index (χ3n) is 5.14. The highest BCUT2D eigenvalue weighted by molar-refractivity contribution is 14.1. The number of nitrogens with one attached hydrogen (secondary N) is 2. The molecule has 0 saturated carbocycles. The molecule has 0 aliphatic carbocycles. The van der Waals surface area contributed by atoms with Gasteiger partial charge in [0.1, 0.15) is 29.7 Å². The van der Waals surface area contributed by atoms with Crippen LogP contribution >= 0.6 is 22.6 Å². The van der Waals surface area contributed by atoms with Crippen LogP contribution in [0.3, 0.4) is 0 Å². The van der Waals surface area contributed by atoms with Gasteiger partial charge < -0.3 is 25.0 Å². The first-order valence-corrected chi connectivity index (χ1v) is 13.5. The summed E-state index contributed by atoms with van der Waals surface area (Å²) in [4.78, 5) is 4.82. The third kappa shape index (κ3) is 5.86. The van der Waals surface area contributed by atoms with Crippen molar-refractivity contribution >= 4 is 71.5 Å². The van der Waals surface area contributed by atoms with Crippen molar-refractivity contribution in [1.29, 1.82) is 0 Å². The predicted molar refractivity (Wildman–Crippen MR) is 145 cm³/mol. The molecule has 0 spiro atoms. The molecular formula is C24H24IN3O6S. The predicted octanol–water partition coefficient (Wildman–Crippen LogP) is 3.85. The van der Waals surface area contributed by atoms with Gasteiger partial charge in [-0.2, -0.15) is 0 Å². The Balaban J connectivity index is 1.86. The quantitative estimate of drug-likeness (QED) is 0.166. The van der Waals surface area contributed by atoms with Crippen LogP contribution in [0.4, 0.5) is 17.1 Å². The molecule has 0 aliphatic heterocycles. The Hall–Kier alpha value is -2.87. The minimum atomic E-state index is -3.44. The van der Waals surface area contributed by atoms with Gasteiger partial charge in [-0.3, -0.25) is 4.72 Å². The SMILES string of the molecule is COc1cc(NS(C)(=O)=O)ccc1Nc1c2ccc(I)cc2nc2c(OCC(O)CO)cccc12. The lowest BCUT2D eigenvalue weighted by atomic mass is 10.1. The summed E-state index contributed by atoms with van der Waals surface area (Å²) < 4.78 is 38.0. The van der Waals surface area contributed by atoms with Crippen LogP contribution in [0.5, 0.6) is 11.5 Å². The van der Waals surface area contributed by atoms with Crippen molar-refractivity contribution in [2.24, 2.45) is 0 Å². The van der Waals surface area contributed by atoms with Crippen LogP contribution in [0.25, 0.3) is 21.8 Å². The number of benzene rings is 3. The van der Waals surface area contributed by atoms with E-state index in [4.69, 9.17) is 19.6 Å². The molecule has 9 nitrogen and oxygen atoms in total. The van der Waals surface area contributed by atoms with E-state index in [9.17, 15) is 13.5 Å². The number of aromatic nitrogens is 1. The summed E-state index contributed by atoms with van der Waals surface area (Å²) in [5, 5.41) is 23.9. The van der Waals surface area contributed by atoms with Crippen molar-refractivity contribution in [3.8, 4) is 11.5 Å². The summed E-state index contributed by atoms with van der Waals surface area (Å²) in [6.45, 7) is -0.483. The van der Waals surface area contributed by atoms with E-state index in [-0.39, 0.29) is 6.61 Å². The van der Waals surface area contributed by atoms with Crippen LogP contribution in [-0.2, 0) is 10.0 Å². The second-order valence-corrected chi connectivity index (χ2v) is 10.9. The number of para-hydroxylation sites is 1. The summed E-state index contributed by atoms with van der Waals surface area (Å²) in [5.41, 5.74) is 3.09. The van der Waals surface area contributed by atoms with E-state index < -0.39 is 22.7 Å². The smallest absolute Gasteiger partial charge is 0.229 e. The zero-order valence-electron chi connectivity index (χ0n) is 18.9. The minimum absolute atomic E-state index is 0.0764. The average Bonchev–Trinajstić information content (AvgIpc) is 2.82. The molecule has 4 aromatic rings. The van der Waals surface area contributed by atoms with Gasteiger partial charge in [-0.15, -0.1) is 0 Å². The Labute approximate surface area is 216 Å². The van der Waals surface area contributed by atoms with Crippen molar-refractivity contribution in [3.05, 3.63) is 58.2 Å². The van der Waals surface area contributed by atoms with Crippen LogP contribution in [-0.4, -0.2) is 56.3 Å². The van der Waals surface area contributed by atoms with Crippen LogP contribution < -0.4 is 19.5 Å².